The lowest BCUT2D eigenvalue weighted by molar-refractivity contribution is -0.137. The molecule has 1 aliphatic rings. The first-order valence-electron chi connectivity index (χ1n) is 10.3. The van der Waals surface area contributed by atoms with Crippen molar-refractivity contribution in [1.29, 1.82) is 0 Å². The van der Waals surface area contributed by atoms with Crippen LogP contribution < -0.4 is 5.32 Å². The van der Waals surface area contributed by atoms with E-state index in [0.29, 0.717) is 36.0 Å². The van der Waals surface area contributed by atoms with E-state index in [-0.39, 0.29) is 23.9 Å². The first kappa shape index (κ1) is 21.9. The van der Waals surface area contributed by atoms with Crippen molar-refractivity contribution in [3.63, 3.8) is 0 Å². The van der Waals surface area contributed by atoms with E-state index in [1.165, 1.54) is 6.20 Å². The number of pyridine rings is 1. The van der Waals surface area contributed by atoms with E-state index in [0.717, 1.165) is 30.7 Å². The lowest BCUT2D eigenvalue weighted by Crippen LogP contribution is -2.30. The Bertz CT molecular complexity index is 1140. The second-order valence-electron chi connectivity index (χ2n) is 7.74. The SMILES string of the molecule is CCC(=O)NC1CCCc2c1nnn2-c1cc(Cc2cc(F)cc(C(F)(F)F)c2)ccn1. The molecule has 2 heterocycles. The summed E-state index contributed by atoms with van der Waals surface area (Å²) in [6.07, 6.45) is -0.288. The Labute approximate surface area is 181 Å². The normalized spacial score (nSPS) is 16.0. The predicted molar refractivity (Wildman–Crippen MR) is 107 cm³/mol. The van der Waals surface area contributed by atoms with Crippen molar-refractivity contribution >= 4 is 5.91 Å². The molecule has 0 spiro atoms. The van der Waals surface area contributed by atoms with E-state index in [9.17, 15) is 22.4 Å². The second-order valence-corrected chi connectivity index (χ2v) is 7.74. The number of hydrogen-bond donors (Lipinski definition) is 1. The van der Waals surface area contributed by atoms with Crippen LogP contribution in [0, 0.1) is 5.82 Å². The van der Waals surface area contributed by atoms with Crippen LogP contribution in [-0.4, -0.2) is 25.9 Å². The van der Waals surface area contributed by atoms with Gasteiger partial charge in [-0.2, -0.15) is 17.9 Å². The van der Waals surface area contributed by atoms with Crippen molar-refractivity contribution in [2.45, 2.75) is 51.2 Å². The minimum absolute atomic E-state index is 0.0640. The molecular weight excluding hydrogens is 426 g/mol. The molecule has 1 aromatic carbocycles. The zero-order chi connectivity index (χ0) is 22.9. The van der Waals surface area contributed by atoms with E-state index in [1.54, 1.807) is 23.7 Å². The third kappa shape index (κ3) is 4.63. The van der Waals surface area contributed by atoms with Crippen molar-refractivity contribution in [1.82, 2.24) is 25.3 Å². The highest BCUT2D eigenvalue weighted by Gasteiger charge is 2.31. The van der Waals surface area contributed by atoms with Crippen molar-refractivity contribution in [3.05, 3.63) is 70.4 Å². The molecule has 1 unspecified atom stereocenters. The standard InChI is InChI=1S/C22H21F4N5O/c1-2-20(32)28-17-4-3-5-18-21(17)29-30-31(18)19-11-13(6-7-27-19)8-14-9-15(22(24,25)26)12-16(23)10-14/h6-7,9-12,17H,2-5,8H2,1H3,(H,28,32). The Balaban J connectivity index is 1.61. The number of carbonyl (C=O) groups is 1. The monoisotopic (exact) mass is 447 g/mol. The van der Waals surface area contributed by atoms with E-state index in [1.807, 2.05) is 0 Å². The maximum absolute atomic E-state index is 13.7. The van der Waals surface area contributed by atoms with Crippen LogP contribution in [0.2, 0.25) is 0 Å². The van der Waals surface area contributed by atoms with Gasteiger partial charge in [0.2, 0.25) is 5.91 Å². The molecule has 6 nitrogen and oxygen atoms in total. The number of amides is 1. The molecule has 1 aliphatic carbocycles. The summed E-state index contributed by atoms with van der Waals surface area (Å²) in [5, 5.41) is 11.4. The number of carbonyl (C=O) groups excluding carboxylic acids is 1. The lowest BCUT2D eigenvalue weighted by Gasteiger charge is -2.22. The molecule has 1 N–H and O–H groups in total. The van der Waals surface area contributed by atoms with Crippen molar-refractivity contribution in [2.24, 2.45) is 0 Å². The Morgan fingerprint density at radius 2 is 2.03 bits per heavy atom. The fourth-order valence-corrected chi connectivity index (χ4v) is 3.89. The molecule has 0 bridgehead atoms. The van der Waals surface area contributed by atoms with Gasteiger partial charge in [0.25, 0.3) is 0 Å². The summed E-state index contributed by atoms with van der Waals surface area (Å²) in [6, 6.07) is 5.67. The molecule has 168 valence electrons. The van der Waals surface area contributed by atoms with Crippen LogP contribution in [0.15, 0.2) is 36.5 Å². The van der Waals surface area contributed by atoms with Gasteiger partial charge in [-0.15, -0.1) is 5.10 Å². The molecule has 4 rings (SSSR count). The summed E-state index contributed by atoms with van der Waals surface area (Å²) >= 11 is 0. The van der Waals surface area contributed by atoms with Gasteiger partial charge in [0.15, 0.2) is 5.82 Å². The van der Waals surface area contributed by atoms with Crippen LogP contribution in [0.1, 0.15) is 60.3 Å². The van der Waals surface area contributed by atoms with Gasteiger partial charge in [-0.3, -0.25) is 4.79 Å². The van der Waals surface area contributed by atoms with Crippen LogP contribution in [0.4, 0.5) is 17.6 Å². The fraction of sp³-hybridized carbons (Fsp3) is 0.364. The minimum Gasteiger partial charge on any atom is -0.348 e. The van der Waals surface area contributed by atoms with E-state index in [4.69, 9.17) is 0 Å². The number of nitrogens with one attached hydrogen (secondary N) is 1. The average Bonchev–Trinajstić information content (AvgIpc) is 3.18. The maximum Gasteiger partial charge on any atom is 0.416 e. The highest BCUT2D eigenvalue weighted by atomic mass is 19.4. The van der Waals surface area contributed by atoms with Gasteiger partial charge in [-0.05, 0) is 67.1 Å². The van der Waals surface area contributed by atoms with Crippen LogP contribution >= 0.6 is 0 Å². The molecule has 2 aromatic heterocycles. The van der Waals surface area contributed by atoms with Gasteiger partial charge in [-0.1, -0.05) is 12.1 Å². The van der Waals surface area contributed by atoms with Crippen LogP contribution in [0.5, 0.6) is 0 Å². The van der Waals surface area contributed by atoms with Crippen molar-refractivity contribution < 1.29 is 22.4 Å². The Hall–Kier alpha value is -3.30. The number of hydrogen-bond acceptors (Lipinski definition) is 4. The molecule has 0 saturated carbocycles. The summed E-state index contributed by atoms with van der Waals surface area (Å²) in [5.74, 6) is -0.536. The lowest BCUT2D eigenvalue weighted by atomic mass is 9.95. The Kier molecular flexibility index (Phi) is 5.94. The van der Waals surface area contributed by atoms with E-state index >= 15 is 0 Å². The summed E-state index contributed by atoms with van der Waals surface area (Å²) in [7, 11) is 0. The molecule has 1 amide bonds. The molecule has 32 heavy (non-hydrogen) atoms. The van der Waals surface area contributed by atoms with Gasteiger partial charge in [-0.25, -0.2) is 9.37 Å². The first-order valence-corrected chi connectivity index (χ1v) is 10.3. The molecular formula is C22H21F4N5O. The number of nitrogens with zero attached hydrogens (tertiary/aromatic N) is 4. The number of aromatic nitrogens is 4. The molecule has 0 radical (unpaired) electrons. The third-order valence-corrected chi connectivity index (χ3v) is 5.41. The highest BCUT2D eigenvalue weighted by Crippen LogP contribution is 2.32. The number of alkyl halides is 3. The number of halogens is 4. The number of benzene rings is 1. The first-order chi connectivity index (χ1) is 15.2. The minimum atomic E-state index is -4.62. The van der Waals surface area contributed by atoms with Crippen LogP contribution in [0.25, 0.3) is 5.82 Å². The Morgan fingerprint density at radius 3 is 2.78 bits per heavy atom. The molecule has 1 atom stereocenters. The average molecular weight is 447 g/mol. The summed E-state index contributed by atoms with van der Waals surface area (Å²) < 4.78 is 54.4. The van der Waals surface area contributed by atoms with Crippen molar-refractivity contribution in [3.8, 4) is 5.82 Å². The quantitative estimate of drug-likeness (QED) is 0.592. The van der Waals surface area contributed by atoms with Gasteiger partial charge >= 0.3 is 6.18 Å². The van der Waals surface area contributed by atoms with E-state index < -0.39 is 17.6 Å². The molecule has 0 saturated heterocycles. The van der Waals surface area contributed by atoms with Gasteiger partial charge in [0.1, 0.15) is 11.5 Å². The van der Waals surface area contributed by atoms with E-state index in [2.05, 4.69) is 20.6 Å². The third-order valence-electron chi connectivity index (χ3n) is 5.41. The van der Waals surface area contributed by atoms with Gasteiger partial charge in [0.05, 0.1) is 17.3 Å². The van der Waals surface area contributed by atoms with Gasteiger partial charge in [0, 0.05) is 12.6 Å². The predicted octanol–water partition coefficient (Wildman–Crippen LogP) is 4.31. The van der Waals surface area contributed by atoms with Crippen LogP contribution in [-0.2, 0) is 23.8 Å². The maximum atomic E-state index is 13.7. The van der Waals surface area contributed by atoms with Gasteiger partial charge < -0.3 is 5.32 Å². The highest BCUT2D eigenvalue weighted by molar-refractivity contribution is 5.76. The summed E-state index contributed by atoms with van der Waals surface area (Å²) in [5.41, 5.74) is 1.38. The number of rotatable bonds is 5. The van der Waals surface area contributed by atoms with Crippen LogP contribution in [0.3, 0.4) is 0 Å². The molecule has 0 fully saturated rings. The Morgan fingerprint density at radius 1 is 1.22 bits per heavy atom. The largest absolute Gasteiger partial charge is 0.416 e. The molecule has 0 aliphatic heterocycles. The second kappa shape index (κ2) is 8.68. The summed E-state index contributed by atoms with van der Waals surface area (Å²) in [4.78, 5) is 16.1. The topological polar surface area (TPSA) is 72.7 Å². The zero-order valence-corrected chi connectivity index (χ0v) is 17.3. The zero-order valence-electron chi connectivity index (χ0n) is 17.3. The summed E-state index contributed by atoms with van der Waals surface area (Å²) in [6.45, 7) is 1.78. The molecule has 10 heteroatoms. The van der Waals surface area contributed by atoms with Crippen molar-refractivity contribution in [2.75, 3.05) is 0 Å². The number of fused-ring (bicyclic) bond motifs is 1. The smallest absolute Gasteiger partial charge is 0.348 e. The fourth-order valence-electron chi connectivity index (χ4n) is 3.89. The molecule has 3 aromatic rings.